The Morgan fingerprint density at radius 1 is 0.967 bits per heavy atom. The number of fused-ring (bicyclic) bond motifs is 5. The Bertz CT molecular complexity index is 687. The third-order valence-corrected chi connectivity index (χ3v) is 10.6. The number of hydrogen-bond acceptors (Lipinski definition) is 5. The highest BCUT2D eigenvalue weighted by Crippen LogP contribution is 2.69. The molecule has 0 amide bonds. The smallest absolute Gasteiger partial charge is 0.302 e. The number of aliphatic hydroxyl groups excluding tert-OH is 1. The summed E-state index contributed by atoms with van der Waals surface area (Å²) >= 11 is 0. The minimum Gasteiger partial charge on any atom is -0.463 e. The van der Waals surface area contributed by atoms with Crippen LogP contribution in [0, 0.1) is 40.4 Å². The Kier molecular flexibility index (Phi) is 5.08. The lowest BCUT2D eigenvalue weighted by atomic mass is 9.44. The van der Waals surface area contributed by atoms with Crippen molar-refractivity contribution in [3.05, 3.63) is 0 Å². The quantitative estimate of drug-likeness (QED) is 0.675. The molecule has 1 N–H and O–H groups in total. The van der Waals surface area contributed by atoms with E-state index in [1.165, 1.54) is 26.2 Å². The van der Waals surface area contributed by atoms with Crippen LogP contribution in [-0.4, -0.2) is 42.3 Å². The molecule has 0 radical (unpaired) electrons. The molecule has 5 fully saturated rings. The van der Waals surface area contributed by atoms with E-state index in [0.717, 1.165) is 32.1 Å². The fraction of sp³-hybridized carbons (Fsp3) is 0.960. The molecule has 0 aromatic heterocycles. The Morgan fingerprint density at radius 3 is 2.40 bits per heavy atom. The van der Waals surface area contributed by atoms with Crippen LogP contribution in [0.1, 0.15) is 79.1 Å². The van der Waals surface area contributed by atoms with Crippen LogP contribution in [0.2, 0.25) is 0 Å². The van der Waals surface area contributed by atoms with E-state index in [1.807, 2.05) is 0 Å². The molecule has 4 aliphatic carbocycles. The van der Waals surface area contributed by atoms with Gasteiger partial charge in [0.15, 0.2) is 5.79 Å². The number of carbonyl (C=O) groups excluding carboxylic acids is 1. The predicted molar refractivity (Wildman–Crippen MR) is 112 cm³/mol. The SMILES string of the molecule is CC(=O)OC1CCC2(C)C(CCC3C2CC(O)C2(C)C3CCC2C2(C)OCCO2)C1. The molecule has 30 heavy (non-hydrogen) atoms. The topological polar surface area (TPSA) is 65.0 Å². The predicted octanol–water partition coefficient (Wildman–Crippen LogP) is 4.31. The highest BCUT2D eigenvalue weighted by atomic mass is 16.7. The van der Waals surface area contributed by atoms with E-state index in [1.54, 1.807) is 0 Å². The van der Waals surface area contributed by atoms with Crippen molar-refractivity contribution < 1.29 is 24.1 Å². The van der Waals surface area contributed by atoms with Crippen molar-refractivity contribution in [1.82, 2.24) is 0 Å². The van der Waals surface area contributed by atoms with E-state index in [0.29, 0.717) is 36.9 Å². The first-order chi connectivity index (χ1) is 14.2. The second kappa shape index (κ2) is 7.18. The summed E-state index contributed by atoms with van der Waals surface area (Å²) in [7, 11) is 0. The Labute approximate surface area is 181 Å². The second-order valence-electron chi connectivity index (χ2n) is 11.6. The van der Waals surface area contributed by atoms with E-state index in [2.05, 4.69) is 20.8 Å². The van der Waals surface area contributed by atoms with Crippen LogP contribution in [0.3, 0.4) is 0 Å². The molecule has 1 heterocycles. The first kappa shape index (κ1) is 21.2. The van der Waals surface area contributed by atoms with E-state index in [9.17, 15) is 9.90 Å². The van der Waals surface area contributed by atoms with Gasteiger partial charge in [-0.25, -0.2) is 0 Å². The van der Waals surface area contributed by atoms with Crippen molar-refractivity contribution in [2.24, 2.45) is 40.4 Å². The summed E-state index contributed by atoms with van der Waals surface area (Å²) in [5.74, 6) is 1.97. The minimum atomic E-state index is -0.541. The first-order valence-electron chi connectivity index (χ1n) is 12.3. The molecule has 5 aliphatic rings. The van der Waals surface area contributed by atoms with Crippen LogP contribution >= 0.6 is 0 Å². The number of aliphatic hydroxyl groups is 1. The van der Waals surface area contributed by atoms with Crippen molar-refractivity contribution in [3.8, 4) is 0 Å². The minimum absolute atomic E-state index is 0.0865. The highest BCUT2D eigenvalue weighted by Gasteiger charge is 2.66. The number of rotatable bonds is 2. The van der Waals surface area contributed by atoms with Crippen molar-refractivity contribution in [2.75, 3.05) is 13.2 Å². The van der Waals surface area contributed by atoms with Crippen LogP contribution < -0.4 is 0 Å². The normalized spacial score (nSPS) is 52.2. The molecule has 170 valence electrons. The molecule has 5 rings (SSSR count). The van der Waals surface area contributed by atoms with Gasteiger partial charge in [-0.05, 0) is 87.4 Å². The summed E-state index contributed by atoms with van der Waals surface area (Å²) in [6, 6.07) is 0. The second-order valence-corrected chi connectivity index (χ2v) is 11.6. The average Bonchev–Trinajstić information content (AvgIpc) is 3.28. The summed E-state index contributed by atoms with van der Waals surface area (Å²) in [4.78, 5) is 11.5. The third-order valence-electron chi connectivity index (χ3n) is 10.6. The van der Waals surface area contributed by atoms with Crippen molar-refractivity contribution in [3.63, 3.8) is 0 Å². The van der Waals surface area contributed by atoms with Crippen LogP contribution in [0.15, 0.2) is 0 Å². The van der Waals surface area contributed by atoms with Gasteiger partial charge in [0, 0.05) is 18.3 Å². The van der Waals surface area contributed by atoms with Gasteiger partial charge in [0.1, 0.15) is 6.10 Å². The lowest BCUT2D eigenvalue weighted by Gasteiger charge is -2.62. The zero-order valence-corrected chi connectivity index (χ0v) is 19.2. The maximum atomic E-state index is 11.6. The van der Waals surface area contributed by atoms with Crippen molar-refractivity contribution in [1.29, 1.82) is 0 Å². The molecule has 0 aromatic carbocycles. The monoisotopic (exact) mass is 420 g/mol. The molecule has 1 aliphatic heterocycles. The number of carbonyl (C=O) groups is 1. The number of hydrogen-bond donors (Lipinski definition) is 1. The highest BCUT2D eigenvalue weighted by molar-refractivity contribution is 5.66. The van der Waals surface area contributed by atoms with Gasteiger partial charge in [0.05, 0.1) is 19.3 Å². The van der Waals surface area contributed by atoms with Crippen LogP contribution in [0.5, 0.6) is 0 Å². The van der Waals surface area contributed by atoms with Gasteiger partial charge in [0.2, 0.25) is 0 Å². The molecule has 9 unspecified atom stereocenters. The van der Waals surface area contributed by atoms with Gasteiger partial charge < -0.3 is 19.3 Å². The summed E-state index contributed by atoms with van der Waals surface area (Å²) in [6.45, 7) is 9.77. The zero-order valence-electron chi connectivity index (χ0n) is 19.2. The Balaban J connectivity index is 1.39. The van der Waals surface area contributed by atoms with Gasteiger partial charge in [-0.2, -0.15) is 0 Å². The molecule has 0 bridgehead atoms. The number of ether oxygens (including phenoxy) is 3. The molecular formula is C25H40O5. The van der Waals surface area contributed by atoms with Crippen LogP contribution in [-0.2, 0) is 19.0 Å². The van der Waals surface area contributed by atoms with Crippen molar-refractivity contribution >= 4 is 5.97 Å². The molecular weight excluding hydrogens is 380 g/mol. The fourth-order valence-electron chi connectivity index (χ4n) is 9.10. The molecule has 5 heteroatoms. The zero-order chi connectivity index (χ0) is 21.3. The maximum Gasteiger partial charge on any atom is 0.302 e. The summed E-state index contributed by atoms with van der Waals surface area (Å²) in [6.07, 6.45) is 8.51. The summed E-state index contributed by atoms with van der Waals surface area (Å²) in [5, 5.41) is 11.6. The van der Waals surface area contributed by atoms with Gasteiger partial charge in [0.25, 0.3) is 0 Å². The van der Waals surface area contributed by atoms with E-state index in [-0.39, 0.29) is 34.9 Å². The van der Waals surface area contributed by atoms with Crippen molar-refractivity contribution in [2.45, 2.75) is 97.1 Å². The van der Waals surface area contributed by atoms with Crippen LogP contribution in [0.4, 0.5) is 0 Å². The fourth-order valence-corrected chi connectivity index (χ4v) is 9.10. The summed E-state index contributed by atoms with van der Waals surface area (Å²) in [5.41, 5.74) is 0.128. The van der Waals surface area contributed by atoms with Crippen LogP contribution in [0.25, 0.3) is 0 Å². The van der Waals surface area contributed by atoms with E-state index >= 15 is 0 Å². The van der Waals surface area contributed by atoms with E-state index in [4.69, 9.17) is 14.2 Å². The Morgan fingerprint density at radius 2 is 1.70 bits per heavy atom. The molecule has 9 atom stereocenters. The van der Waals surface area contributed by atoms with Gasteiger partial charge in [-0.1, -0.05) is 13.8 Å². The standard InChI is InChI=1S/C25H40O5/c1-15(26)30-17-9-10-23(2)16(13-17)5-6-18-19-7-8-21(25(4)28-11-12-29-25)24(19,3)22(27)14-20(18)23/h16-22,27H,5-14H2,1-4H3. The summed E-state index contributed by atoms with van der Waals surface area (Å²) < 4.78 is 17.8. The van der Waals surface area contributed by atoms with E-state index < -0.39 is 5.79 Å². The molecule has 0 aromatic rings. The lowest BCUT2D eigenvalue weighted by Crippen LogP contribution is -2.60. The lowest BCUT2D eigenvalue weighted by molar-refractivity contribution is -0.242. The number of esters is 1. The molecule has 0 spiro atoms. The van der Waals surface area contributed by atoms with Gasteiger partial charge >= 0.3 is 5.97 Å². The average molecular weight is 421 g/mol. The molecule has 5 nitrogen and oxygen atoms in total. The molecule has 1 saturated heterocycles. The third kappa shape index (κ3) is 2.94. The van der Waals surface area contributed by atoms with Gasteiger partial charge in [-0.15, -0.1) is 0 Å². The Hall–Kier alpha value is -0.650. The first-order valence-corrected chi connectivity index (χ1v) is 12.3. The maximum absolute atomic E-state index is 11.6. The largest absolute Gasteiger partial charge is 0.463 e. The molecule has 4 saturated carbocycles. The van der Waals surface area contributed by atoms with Gasteiger partial charge in [-0.3, -0.25) is 4.79 Å².